The van der Waals surface area contributed by atoms with Crippen LogP contribution in [0.5, 0.6) is 5.75 Å². The van der Waals surface area contributed by atoms with Gasteiger partial charge in [0.15, 0.2) is 0 Å². The average Bonchev–Trinajstić information content (AvgIpc) is 2.38. The molecule has 0 saturated carbocycles. The van der Waals surface area contributed by atoms with E-state index in [0.29, 0.717) is 6.61 Å². The molecule has 0 saturated heterocycles. The fourth-order valence-electron chi connectivity index (χ4n) is 1.57. The lowest BCUT2D eigenvalue weighted by Crippen LogP contribution is -2.12. The maximum Gasteiger partial charge on any atom is 0.140 e. The van der Waals surface area contributed by atoms with Crippen molar-refractivity contribution in [1.29, 1.82) is 0 Å². The molecule has 2 aromatic rings. The number of hydrogen-bond acceptors (Lipinski definition) is 3. The van der Waals surface area contributed by atoms with Gasteiger partial charge in [0.2, 0.25) is 0 Å². The predicted octanol–water partition coefficient (Wildman–Crippen LogP) is 3.64. The van der Waals surface area contributed by atoms with E-state index < -0.39 is 0 Å². The number of rotatable bonds is 5. The number of nitrogens with zero attached hydrogens (tertiary/aromatic N) is 1. The molecule has 4 heteroatoms. The summed E-state index contributed by atoms with van der Waals surface area (Å²) in [6.45, 7) is 3.29. The van der Waals surface area contributed by atoms with Crippen molar-refractivity contribution in [3.63, 3.8) is 0 Å². The molecule has 0 aliphatic heterocycles. The summed E-state index contributed by atoms with van der Waals surface area (Å²) in [5.74, 6) is 0.839. The molecular formula is C14H15BrN2O. The van der Waals surface area contributed by atoms with E-state index in [4.69, 9.17) is 4.74 Å². The lowest BCUT2D eigenvalue weighted by molar-refractivity contribution is 0.329. The second kappa shape index (κ2) is 6.40. The van der Waals surface area contributed by atoms with Gasteiger partial charge in [-0.15, -0.1) is 0 Å². The van der Waals surface area contributed by atoms with Gasteiger partial charge in [0, 0.05) is 22.9 Å². The molecule has 18 heavy (non-hydrogen) atoms. The van der Waals surface area contributed by atoms with Crippen molar-refractivity contribution >= 4 is 21.6 Å². The minimum Gasteiger partial charge on any atom is -0.490 e. The van der Waals surface area contributed by atoms with Crippen LogP contribution in [0.25, 0.3) is 0 Å². The first-order chi connectivity index (χ1) is 8.77. The van der Waals surface area contributed by atoms with Crippen LogP contribution >= 0.6 is 15.9 Å². The molecule has 0 spiro atoms. The summed E-state index contributed by atoms with van der Waals surface area (Å²) in [5, 5.41) is 3.31. The van der Waals surface area contributed by atoms with Crippen molar-refractivity contribution in [3.8, 4) is 5.75 Å². The van der Waals surface area contributed by atoms with Gasteiger partial charge in [-0.2, -0.15) is 0 Å². The minimum atomic E-state index is 0.605. The molecule has 0 aliphatic rings. The van der Waals surface area contributed by atoms with Gasteiger partial charge in [0.1, 0.15) is 12.4 Å². The van der Waals surface area contributed by atoms with Gasteiger partial charge in [0.05, 0.1) is 5.69 Å². The number of anilines is 1. The standard InChI is InChI=1S/C14H15BrN2O/c1-11-14(7-4-8-16-11)18-10-9-17-13-6-3-2-5-12(13)15/h2-8,17H,9-10H2,1H3. The highest BCUT2D eigenvalue weighted by molar-refractivity contribution is 9.10. The van der Waals surface area contributed by atoms with E-state index in [1.165, 1.54) is 0 Å². The van der Waals surface area contributed by atoms with Crippen LogP contribution in [-0.2, 0) is 0 Å². The van der Waals surface area contributed by atoms with Crippen molar-refractivity contribution in [2.24, 2.45) is 0 Å². The molecule has 0 atom stereocenters. The van der Waals surface area contributed by atoms with Gasteiger partial charge in [0.25, 0.3) is 0 Å². The Bertz CT molecular complexity index is 469. The molecule has 1 aromatic carbocycles. The Hall–Kier alpha value is -1.55. The predicted molar refractivity (Wildman–Crippen MR) is 77.1 cm³/mol. The monoisotopic (exact) mass is 306 g/mol. The third-order valence-electron chi connectivity index (χ3n) is 2.51. The van der Waals surface area contributed by atoms with Crippen LogP contribution in [0, 0.1) is 6.92 Å². The second-order valence-corrected chi connectivity index (χ2v) is 4.70. The molecule has 0 amide bonds. The summed E-state index contributed by atoms with van der Waals surface area (Å²) in [6.07, 6.45) is 1.77. The van der Waals surface area contributed by atoms with Gasteiger partial charge in [-0.25, -0.2) is 0 Å². The molecule has 94 valence electrons. The Morgan fingerprint density at radius 3 is 2.83 bits per heavy atom. The van der Waals surface area contributed by atoms with Crippen molar-refractivity contribution < 1.29 is 4.74 Å². The van der Waals surface area contributed by atoms with Crippen molar-refractivity contribution in [2.45, 2.75) is 6.92 Å². The SMILES string of the molecule is Cc1ncccc1OCCNc1ccccc1Br. The maximum absolute atomic E-state index is 5.66. The van der Waals surface area contributed by atoms with E-state index in [1.54, 1.807) is 6.20 Å². The van der Waals surface area contributed by atoms with Crippen LogP contribution in [0.15, 0.2) is 47.1 Å². The average molecular weight is 307 g/mol. The Kier molecular flexibility index (Phi) is 4.59. The number of aromatic nitrogens is 1. The normalized spacial score (nSPS) is 10.1. The van der Waals surface area contributed by atoms with Crippen LogP contribution in [0.2, 0.25) is 0 Å². The topological polar surface area (TPSA) is 34.1 Å². The zero-order chi connectivity index (χ0) is 12.8. The Balaban J connectivity index is 1.80. The minimum absolute atomic E-state index is 0.605. The van der Waals surface area contributed by atoms with Gasteiger partial charge in [-0.3, -0.25) is 4.98 Å². The molecule has 3 nitrogen and oxygen atoms in total. The number of hydrogen-bond donors (Lipinski definition) is 1. The van der Waals surface area contributed by atoms with Crippen LogP contribution in [-0.4, -0.2) is 18.1 Å². The first-order valence-electron chi connectivity index (χ1n) is 5.80. The van der Waals surface area contributed by atoms with Crippen LogP contribution in [0.3, 0.4) is 0 Å². The fraction of sp³-hybridized carbons (Fsp3) is 0.214. The van der Waals surface area contributed by atoms with E-state index in [9.17, 15) is 0 Å². The summed E-state index contributed by atoms with van der Waals surface area (Å²) in [6, 6.07) is 11.8. The lowest BCUT2D eigenvalue weighted by atomic mass is 10.3. The van der Waals surface area contributed by atoms with Crippen molar-refractivity contribution in [3.05, 3.63) is 52.8 Å². The molecule has 1 heterocycles. The summed E-state index contributed by atoms with van der Waals surface area (Å²) < 4.78 is 6.72. The number of pyridine rings is 1. The van der Waals surface area contributed by atoms with Crippen LogP contribution < -0.4 is 10.1 Å². The molecule has 1 aromatic heterocycles. The highest BCUT2D eigenvalue weighted by Gasteiger charge is 1.99. The van der Waals surface area contributed by atoms with Crippen LogP contribution in [0.1, 0.15) is 5.69 Å². The molecule has 0 unspecified atom stereocenters. The lowest BCUT2D eigenvalue weighted by Gasteiger charge is -2.10. The summed E-state index contributed by atoms with van der Waals surface area (Å²) in [7, 11) is 0. The van der Waals surface area contributed by atoms with E-state index in [-0.39, 0.29) is 0 Å². The second-order valence-electron chi connectivity index (χ2n) is 3.84. The Morgan fingerprint density at radius 2 is 2.06 bits per heavy atom. The van der Waals surface area contributed by atoms with Gasteiger partial charge < -0.3 is 10.1 Å². The number of para-hydroxylation sites is 1. The first-order valence-corrected chi connectivity index (χ1v) is 6.59. The van der Waals surface area contributed by atoms with E-state index in [2.05, 4.69) is 26.2 Å². The van der Waals surface area contributed by atoms with Crippen molar-refractivity contribution in [2.75, 3.05) is 18.5 Å². The number of nitrogens with one attached hydrogen (secondary N) is 1. The summed E-state index contributed by atoms with van der Waals surface area (Å²) in [5.41, 5.74) is 1.99. The van der Waals surface area contributed by atoms with Crippen LogP contribution in [0.4, 0.5) is 5.69 Å². The molecule has 0 fully saturated rings. The van der Waals surface area contributed by atoms with Gasteiger partial charge in [-0.1, -0.05) is 12.1 Å². The molecule has 0 aliphatic carbocycles. The zero-order valence-corrected chi connectivity index (χ0v) is 11.8. The quantitative estimate of drug-likeness (QED) is 0.856. The highest BCUT2D eigenvalue weighted by atomic mass is 79.9. The number of ether oxygens (including phenoxy) is 1. The summed E-state index contributed by atoms with van der Waals surface area (Å²) >= 11 is 3.49. The number of aryl methyl sites for hydroxylation is 1. The Labute approximate surface area is 115 Å². The maximum atomic E-state index is 5.66. The van der Waals surface area contributed by atoms with Crippen molar-refractivity contribution in [1.82, 2.24) is 4.98 Å². The zero-order valence-electron chi connectivity index (χ0n) is 10.2. The number of halogens is 1. The fourth-order valence-corrected chi connectivity index (χ4v) is 2.00. The van der Waals surface area contributed by atoms with Gasteiger partial charge in [-0.05, 0) is 47.1 Å². The molecule has 0 radical (unpaired) electrons. The van der Waals surface area contributed by atoms with E-state index >= 15 is 0 Å². The largest absolute Gasteiger partial charge is 0.490 e. The third-order valence-corrected chi connectivity index (χ3v) is 3.20. The highest BCUT2D eigenvalue weighted by Crippen LogP contribution is 2.20. The van der Waals surface area contributed by atoms with Gasteiger partial charge >= 0.3 is 0 Å². The Morgan fingerprint density at radius 1 is 1.22 bits per heavy atom. The first kappa shape index (κ1) is 12.9. The molecule has 2 rings (SSSR count). The van der Waals surface area contributed by atoms with E-state index in [0.717, 1.165) is 28.1 Å². The smallest absolute Gasteiger partial charge is 0.140 e. The van der Waals surface area contributed by atoms with E-state index in [1.807, 2.05) is 43.3 Å². The third kappa shape index (κ3) is 3.47. The molecular weight excluding hydrogens is 292 g/mol. The molecule has 0 bridgehead atoms. The molecule has 1 N–H and O–H groups in total. The number of benzene rings is 1. The summed E-state index contributed by atoms with van der Waals surface area (Å²) in [4.78, 5) is 4.18.